The molecule has 0 saturated carbocycles. The van der Waals surface area contributed by atoms with E-state index in [2.05, 4.69) is 97.8 Å². The number of thiocarbonyl (C=S) groups is 3. The first-order valence-corrected chi connectivity index (χ1v) is 29.2. The van der Waals surface area contributed by atoms with Crippen molar-refractivity contribution in [3.63, 3.8) is 0 Å². The van der Waals surface area contributed by atoms with Crippen LogP contribution in [0.4, 0.5) is 0 Å². The van der Waals surface area contributed by atoms with Gasteiger partial charge in [0.2, 0.25) is 0 Å². The van der Waals surface area contributed by atoms with Gasteiger partial charge in [-0.2, -0.15) is 0 Å². The maximum absolute atomic E-state index is 7.01. The summed E-state index contributed by atoms with van der Waals surface area (Å²) in [7, 11) is 0. The molecular formula is C51H103MoN3OS6. The van der Waals surface area contributed by atoms with Gasteiger partial charge in [0, 0.05) is 39.3 Å². The molecular weight excluding hydrogens is 959 g/mol. The number of hydrogen-bond acceptors (Lipinski definition) is 7. The SMILES string of the molecule is CCCCC(CC)CN(CC(CC)CCCC)C(=S)[S-].CCCCC(CC)CN(CC(CC)CCCC)C(=S)[S-].CCCCC(CC)CN(CC(CC)CCCC)C(=S)[S-].[OH][Mo+3]. The molecule has 11 heteroatoms. The molecule has 0 saturated heterocycles. The van der Waals surface area contributed by atoms with Crippen LogP contribution in [0, 0.1) is 35.5 Å². The Bertz CT molecular complexity index is 809. The quantitative estimate of drug-likeness (QED) is 0.0372. The van der Waals surface area contributed by atoms with Crippen molar-refractivity contribution >= 4 is 87.5 Å². The van der Waals surface area contributed by atoms with Crippen LogP contribution < -0.4 is 0 Å². The Morgan fingerprint density at radius 1 is 0.339 bits per heavy atom. The van der Waals surface area contributed by atoms with Crippen LogP contribution in [-0.2, 0) is 58.1 Å². The fourth-order valence-electron chi connectivity index (χ4n) is 8.04. The van der Waals surface area contributed by atoms with Gasteiger partial charge in [0.05, 0.1) is 0 Å². The topological polar surface area (TPSA) is 30.0 Å². The van der Waals surface area contributed by atoms with Crippen molar-refractivity contribution < 1.29 is 24.0 Å². The van der Waals surface area contributed by atoms with Crippen molar-refractivity contribution in [2.45, 2.75) is 237 Å². The van der Waals surface area contributed by atoms with Crippen LogP contribution in [0.3, 0.4) is 0 Å². The summed E-state index contributed by atoms with van der Waals surface area (Å²) >= 11 is 32.8. The van der Waals surface area contributed by atoms with E-state index < -0.39 is 0 Å². The summed E-state index contributed by atoms with van der Waals surface area (Å²) in [6.07, 6.45) is 30.9. The van der Waals surface area contributed by atoms with Crippen LogP contribution in [0.5, 0.6) is 0 Å². The van der Waals surface area contributed by atoms with Gasteiger partial charge in [-0.05, 0) is 74.0 Å². The average molecular weight is 1060 g/mol. The molecule has 0 amide bonds. The third-order valence-corrected chi connectivity index (χ3v) is 14.5. The van der Waals surface area contributed by atoms with Crippen LogP contribution in [0.25, 0.3) is 0 Å². The first-order chi connectivity index (χ1) is 29.7. The predicted octanol–water partition coefficient (Wildman–Crippen LogP) is 16.1. The number of hydrogen-bond donors (Lipinski definition) is 1. The molecule has 6 atom stereocenters. The van der Waals surface area contributed by atoms with E-state index in [9.17, 15) is 0 Å². The predicted molar refractivity (Wildman–Crippen MR) is 297 cm³/mol. The van der Waals surface area contributed by atoms with E-state index in [1.54, 1.807) is 0 Å². The van der Waals surface area contributed by atoms with Crippen LogP contribution >= 0.6 is 36.7 Å². The van der Waals surface area contributed by atoms with Gasteiger partial charge in [-0.25, -0.2) is 0 Å². The van der Waals surface area contributed by atoms with Gasteiger partial charge in [-0.1, -0.05) is 212 Å². The Labute approximate surface area is 434 Å². The Hall–Kier alpha value is 0.978. The summed E-state index contributed by atoms with van der Waals surface area (Å²) in [6, 6.07) is 0. The third-order valence-electron chi connectivity index (χ3n) is 12.9. The molecule has 0 bridgehead atoms. The zero-order valence-corrected chi connectivity index (χ0v) is 49.7. The summed E-state index contributed by atoms with van der Waals surface area (Å²) in [5.41, 5.74) is 0. The summed E-state index contributed by atoms with van der Waals surface area (Å²) in [5.74, 6) is 4.50. The summed E-state index contributed by atoms with van der Waals surface area (Å²) < 4.78 is 9.04. The molecule has 0 aliphatic heterocycles. The van der Waals surface area contributed by atoms with Gasteiger partial charge in [0.1, 0.15) is 0 Å². The van der Waals surface area contributed by atoms with E-state index in [0.29, 0.717) is 13.0 Å². The molecule has 0 aliphatic rings. The Kier molecular flexibility index (Phi) is 57.6. The molecule has 0 fully saturated rings. The second-order valence-electron chi connectivity index (χ2n) is 18.0. The van der Waals surface area contributed by atoms with Crippen molar-refractivity contribution in [1.82, 2.24) is 14.7 Å². The fraction of sp³-hybridized carbons (Fsp3) is 0.941. The molecule has 0 spiro atoms. The fourth-order valence-corrected chi connectivity index (χ4v) is 8.94. The molecule has 0 rings (SSSR count). The monoisotopic (exact) mass is 1060 g/mol. The molecule has 370 valence electrons. The molecule has 0 radical (unpaired) electrons. The van der Waals surface area contributed by atoms with Gasteiger partial charge >= 0.3 is 24.0 Å². The molecule has 1 N–H and O–H groups in total. The van der Waals surface area contributed by atoms with Gasteiger partial charge < -0.3 is 89.2 Å². The van der Waals surface area contributed by atoms with Gasteiger partial charge in [-0.15, -0.1) is 0 Å². The van der Waals surface area contributed by atoms with E-state index in [-0.39, 0.29) is 0 Å². The molecule has 62 heavy (non-hydrogen) atoms. The zero-order valence-electron chi connectivity index (χ0n) is 42.8. The third kappa shape index (κ3) is 41.2. The van der Waals surface area contributed by atoms with E-state index in [1.165, 1.54) is 154 Å². The van der Waals surface area contributed by atoms with Gasteiger partial charge in [0.15, 0.2) is 0 Å². The summed E-state index contributed by atoms with van der Waals surface area (Å²) in [6.45, 7) is 33.8. The van der Waals surface area contributed by atoms with Crippen molar-refractivity contribution in [3.05, 3.63) is 0 Å². The molecule has 0 aliphatic carbocycles. The molecule has 0 heterocycles. The van der Waals surface area contributed by atoms with E-state index in [0.717, 1.165) is 95.0 Å². The van der Waals surface area contributed by atoms with Crippen LogP contribution in [-0.4, -0.2) is 70.7 Å². The minimum absolute atomic E-state index is 0.676. The Morgan fingerprint density at radius 3 is 0.548 bits per heavy atom. The first kappa shape index (κ1) is 69.5. The average Bonchev–Trinajstić information content (AvgIpc) is 3.28. The second-order valence-corrected chi connectivity index (χ2v) is 21.1. The van der Waals surface area contributed by atoms with E-state index in [1.807, 2.05) is 0 Å². The molecule has 0 aromatic heterocycles. The van der Waals surface area contributed by atoms with Crippen LogP contribution in [0.2, 0.25) is 0 Å². The zero-order chi connectivity index (χ0) is 48.1. The second kappa shape index (κ2) is 51.4. The minimum atomic E-state index is 0.676. The first-order valence-electron chi connectivity index (χ1n) is 25.8. The van der Waals surface area contributed by atoms with Crippen molar-refractivity contribution in [2.24, 2.45) is 35.5 Å². The summed E-state index contributed by atoms with van der Waals surface area (Å²) in [5, 5.41) is 0. The van der Waals surface area contributed by atoms with E-state index in [4.69, 9.17) is 78.3 Å². The molecule has 6 unspecified atom stereocenters. The Morgan fingerprint density at radius 2 is 0.468 bits per heavy atom. The molecule has 0 aromatic carbocycles. The van der Waals surface area contributed by atoms with Crippen molar-refractivity contribution in [1.29, 1.82) is 0 Å². The maximum atomic E-state index is 7.01. The van der Waals surface area contributed by atoms with Gasteiger partial charge in [0.25, 0.3) is 0 Å². The van der Waals surface area contributed by atoms with Crippen molar-refractivity contribution in [2.75, 3.05) is 39.3 Å². The van der Waals surface area contributed by atoms with Crippen LogP contribution in [0.15, 0.2) is 0 Å². The Balaban J connectivity index is -0.000000398. The normalized spacial score (nSPS) is 13.6. The number of nitrogens with zero attached hydrogens (tertiary/aromatic N) is 3. The number of rotatable bonds is 36. The van der Waals surface area contributed by atoms with Crippen molar-refractivity contribution in [3.8, 4) is 0 Å². The van der Waals surface area contributed by atoms with E-state index >= 15 is 0 Å². The van der Waals surface area contributed by atoms with Gasteiger partial charge in [-0.3, -0.25) is 0 Å². The molecule has 0 aromatic rings. The number of unbranched alkanes of at least 4 members (excludes halogenated alkanes) is 6. The molecule has 4 nitrogen and oxygen atoms in total. The summed E-state index contributed by atoms with van der Waals surface area (Å²) in [4.78, 5) is 6.91. The van der Waals surface area contributed by atoms with Crippen LogP contribution in [0.1, 0.15) is 237 Å². The standard InChI is InChI=1S/3C17H35NS2.Mo.H2O/c3*1-5-9-11-15(7-3)13-18(17(19)20)14-16(8-4)12-10-6-2;;/h3*15-16H,5-14H2,1-4H3,(H,19,20);;1H2/q;;;+4;/p-4.